The second-order valence-electron chi connectivity index (χ2n) is 13.1. The average molecular weight is 555 g/mol. The minimum Gasteiger partial charge on any atom is -0.472 e. The SMILES string of the molecule is C=C(C)C(=O)OC1C2CC3=C4CC(=O)OC(c5ccoc5)C4(C)CCC3C3(C)C(CC(=O)OC)C1(C)COC23O. The van der Waals surface area contributed by atoms with Gasteiger partial charge in [0.05, 0.1) is 38.6 Å². The van der Waals surface area contributed by atoms with E-state index in [9.17, 15) is 19.5 Å². The van der Waals surface area contributed by atoms with Crippen LogP contribution in [0, 0.1) is 34.0 Å². The third-order valence-corrected chi connectivity index (χ3v) is 11.2. The van der Waals surface area contributed by atoms with Crippen LogP contribution >= 0.6 is 0 Å². The number of esters is 3. The second kappa shape index (κ2) is 8.79. The summed E-state index contributed by atoms with van der Waals surface area (Å²) in [7, 11) is 1.35. The van der Waals surface area contributed by atoms with Crippen molar-refractivity contribution in [2.75, 3.05) is 13.7 Å². The van der Waals surface area contributed by atoms with Crippen molar-refractivity contribution in [3.05, 3.63) is 47.5 Å². The molecule has 1 aromatic heterocycles. The first-order valence-electron chi connectivity index (χ1n) is 14.0. The zero-order valence-corrected chi connectivity index (χ0v) is 23.8. The Labute approximate surface area is 233 Å². The molecule has 40 heavy (non-hydrogen) atoms. The minimum atomic E-state index is -1.65. The molecule has 0 spiro atoms. The molecule has 3 saturated heterocycles. The Bertz CT molecular complexity index is 1310. The monoisotopic (exact) mass is 554 g/mol. The molecule has 0 aromatic carbocycles. The molecular formula is C31H38O9. The standard InChI is InChI=1S/C31H38O9/c1-16(2)27(34)40-26-21-11-18-19(30(5)22(13-23(32)36-6)29(26,4)15-38-31(21,30)35)7-9-28(3)20(18)12-24(33)39-25(28)17-8-10-37-14-17/h8,10,14,19,21-22,25-26,35H,1,7,9,11-13,15H2,2-6H3. The van der Waals surface area contributed by atoms with Crippen LogP contribution in [0.15, 0.2) is 46.3 Å². The lowest BCUT2D eigenvalue weighted by Crippen LogP contribution is -2.80. The highest BCUT2D eigenvalue weighted by Crippen LogP contribution is 2.74. The van der Waals surface area contributed by atoms with E-state index in [0.717, 1.165) is 16.7 Å². The summed E-state index contributed by atoms with van der Waals surface area (Å²) in [6, 6.07) is 1.83. The van der Waals surface area contributed by atoms with Gasteiger partial charge in [0.15, 0.2) is 5.79 Å². The smallest absolute Gasteiger partial charge is 0.333 e. The van der Waals surface area contributed by atoms with Crippen LogP contribution in [-0.2, 0) is 33.3 Å². The maximum atomic E-state index is 13.0. The van der Waals surface area contributed by atoms with Crippen LogP contribution in [0.25, 0.3) is 0 Å². The molecule has 216 valence electrons. The fourth-order valence-corrected chi connectivity index (χ4v) is 9.20. The third kappa shape index (κ3) is 3.36. The minimum absolute atomic E-state index is 0.0408. The summed E-state index contributed by atoms with van der Waals surface area (Å²) in [5.41, 5.74) is 1.01. The first kappa shape index (κ1) is 27.3. The second-order valence-corrected chi connectivity index (χ2v) is 13.1. The quantitative estimate of drug-likeness (QED) is 0.244. The van der Waals surface area contributed by atoms with E-state index in [-0.39, 0.29) is 36.9 Å². The number of methoxy groups -OCH3 is 1. The van der Waals surface area contributed by atoms with E-state index < -0.39 is 58.0 Å². The lowest BCUT2D eigenvalue weighted by molar-refractivity contribution is -0.438. The number of carbonyl (C=O) groups excluding carboxylic acids is 3. The predicted molar refractivity (Wildman–Crippen MR) is 140 cm³/mol. The van der Waals surface area contributed by atoms with Gasteiger partial charge in [0.2, 0.25) is 0 Å². The topological polar surface area (TPSA) is 122 Å². The van der Waals surface area contributed by atoms with Crippen molar-refractivity contribution < 1.29 is 42.9 Å². The summed E-state index contributed by atoms with van der Waals surface area (Å²) >= 11 is 0. The highest BCUT2D eigenvalue weighted by molar-refractivity contribution is 5.87. The molecule has 6 aliphatic rings. The summed E-state index contributed by atoms with van der Waals surface area (Å²) in [5, 5.41) is 12.5. The number of allylic oxidation sites excluding steroid dienone is 1. The van der Waals surface area contributed by atoms with Crippen molar-refractivity contribution in [2.45, 2.75) is 77.8 Å². The number of ether oxygens (including phenoxy) is 4. The molecule has 3 aliphatic carbocycles. The molecule has 9 unspecified atom stereocenters. The Morgan fingerprint density at radius 1 is 1.25 bits per heavy atom. The van der Waals surface area contributed by atoms with Gasteiger partial charge >= 0.3 is 17.9 Å². The highest BCUT2D eigenvalue weighted by atomic mass is 16.6. The number of hydrogen-bond donors (Lipinski definition) is 1. The maximum Gasteiger partial charge on any atom is 0.333 e. The molecular weight excluding hydrogens is 516 g/mol. The molecule has 9 heteroatoms. The number of furan rings is 1. The van der Waals surface area contributed by atoms with E-state index >= 15 is 0 Å². The number of cyclic esters (lactones) is 1. The van der Waals surface area contributed by atoms with Crippen LogP contribution in [0.2, 0.25) is 0 Å². The van der Waals surface area contributed by atoms with E-state index in [1.807, 2.05) is 19.9 Å². The predicted octanol–water partition coefficient (Wildman–Crippen LogP) is 4.41. The zero-order valence-electron chi connectivity index (χ0n) is 23.8. The van der Waals surface area contributed by atoms with Gasteiger partial charge < -0.3 is 28.5 Å². The van der Waals surface area contributed by atoms with Gasteiger partial charge in [-0.3, -0.25) is 9.59 Å². The molecule has 0 radical (unpaired) electrons. The number of rotatable bonds is 5. The van der Waals surface area contributed by atoms with E-state index in [1.54, 1.807) is 19.5 Å². The summed E-state index contributed by atoms with van der Waals surface area (Å²) in [6.07, 6.45) is 3.98. The van der Waals surface area contributed by atoms with Crippen LogP contribution in [0.1, 0.15) is 71.5 Å². The van der Waals surface area contributed by atoms with Crippen LogP contribution in [-0.4, -0.2) is 48.6 Å². The summed E-state index contributed by atoms with van der Waals surface area (Å²) in [6.45, 7) is 11.6. The van der Waals surface area contributed by atoms with Crippen LogP contribution in [0.3, 0.4) is 0 Å². The van der Waals surface area contributed by atoms with Gasteiger partial charge in [-0.15, -0.1) is 0 Å². The zero-order chi connectivity index (χ0) is 28.8. The molecule has 9 atom stereocenters. The van der Waals surface area contributed by atoms with Crippen molar-refractivity contribution >= 4 is 17.9 Å². The van der Waals surface area contributed by atoms with Crippen molar-refractivity contribution in [3.63, 3.8) is 0 Å². The largest absolute Gasteiger partial charge is 0.472 e. The number of fused-ring (bicyclic) bond motifs is 3. The van der Waals surface area contributed by atoms with Gasteiger partial charge in [0.25, 0.3) is 0 Å². The van der Waals surface area contributed by atoms with Crippen LogP contribution < -0.4 is 0 Å². The fraction of sp³-hybridized carbons (Fsp3) is 0.645. The van der Waals surface area contributed by atoms with Gasteiger partial charge in [-0.05, 0) is 49.7 Å². The van der Waals surface area contributed by atoms with Gasteiger partial charge in [-0.1, -0.05) is 32.9 Å². The molecule has 7 rings (SSSR count). The Balaban J connectivity index is 1.54. The van der Waals surface area contributed by atoms with Gasteiger partial charge in [0.1, 0.15) is 12.2 Å². The first-order valence-corrected chi connectivity index (χ1v) is 14.0. The van der Waals surface area contributed by atoms with Gasteiger partial charge in [-0.2, -0.15) is 0 Å². The molecule has 0 amide bonds. The summed E-state index contributed by atoms with van der Waals surface area (Å²) < 4.78 is 28.8. The van der Waals surface area contributed by atoms with E-state index in [2.05, 4.69) is 13.5 Å². The third-order valence-electron chi connectivity index (χ3n) is 11.2. The Hall–Kier alpha value is -2.91. The normalized spacial score (nSPS) is 43.4. The lowest BCUT2D eigenvalue weighted by atomic mass is 9.37. The molecule has 1 N–H and O–H groups in total. The Kier molecular flexibility index (Phi) is 5.99. The van der Waals surface area contributed by atoms with E-state index in [4.69, 9.17) is 23.4 Å². The summed E-state index contributed by atoms with van der Waals surface area (Å²) in [4.78, 5) is 38.8. The van der Waals surface area contributed by atoms with Crippen LogP contribution in [0.4, 0.5) is 0 Å². The molecule has 1 aromatic rings. The number of carbonyl (C=O) groups is 3. The fourth-order valence-electron chi connectivity index (χ4n) is 9.20. The molecule has 4 heterocycles. The van der Waals surface area contributed by atoms with E-state index in [0.29, 0.717) is 19.3 Å². The maximum absolute atomic E-state index is 13.0. The lowest BCUT2D eigenvalue weighted by Gasteiger charge is -2.74. The van der Waals surface area contributed by atoms with Crippen molar-refractivity contribution in [3.8, 4) is 0 Å². The molecule has 9 nitrogen and oxygen atoms in total. The van der Waals surface area contributed by atoms with Crippen LogP contribution in [0.5, 0.6) is 0 Å². The summed E-state index contributed by atoms with van der Waals surface area (Å²) in [5.74, 6) is -4.07. The van der Waals surface area contributed by atoms with Crippen molar-refractivity contribution in [2.24, 2.45) is 34.0 Å². The number of aliphatic hydroxyl groups is 1. The van der Waals surface area contributed by atoms with Gasteiger partial charge in [-0.25, -0.2) is 4.79 Å². The molecule has 2 saturated carbocycles. The van der Waals surface area contributed by atoms with Crippen molar-refractivity contribution in [1.82, 2.24) is 0 Å². The molecule has 3 aliphatic heterocycles. The van der Waals surface area contributed by atoms with E-state index in [1.165, 1.54) is 7.11 Å². The molecule has 4 bridgehead atoms. The number of hydrogen-bond acceptors (Lipinski definition) is 9. The highest BCUT2D eigenvalue weighted by Gasteiger charge is 2.79. The van der Waals surface area contributed by atoms with Crippen molar-refractivity contribution in [1.29, 1.82) is 0 Å². The Morgan fingerprint density at radius 3 is 2.65 bits per heavy atom. The molecule has 5 fully saturated rings. The Morgan fingerprint density at radius 2 is 2.00 bits per heavy atom. The average Bonchev–Trinajstić information content (AvgIpc) is 3.44. The first-order chi connectivity index (χ1) is 18.8. The van der Waals surface area contributed by atoms with Gasteiger partial charge in [0, 0.05) is 33.8 Å².